The first-order chi connectivity index (χ1) is 16.9. The van der Waals surface area contributed by atoms with E-state index in [9.17, 15) is 13.2 Å². The standard InChI is InChI=1S/C25H25F3N6O/c26-25(27,28)23(33-11-10-18(29)13-33)17-7-9-21-31-32-24(34(21)12-17)19-8-6-16-2-1-3-20(22(16)30-19)35-14-15-4-5-15/h1-3,6-9,12,15,18,23H,4-5,10-11,13-14,29H2/t18-,23-/m1/s1. The van der Waals surface area contributed by atoms with Gasteiger partial charge in [0.1, 0.15) is 23.0 Å². The second-order valence-electron chi connectivity index (χ2n) is 9.48. The number of nitrogens with two attached hydrogens (primary N) is 1. The number of rotatable bonds is 6. The first-order valence-electron chi connectivity index (χ1n) is 11.8. The number of alkyl halides is 3. The van der Waals surface area contributed by atoms with Crippen LogP contribution in [0.4, 0.5) is 13.2 Å². The lowest BCUT2D eigenvalue weighted by molar-refractivity contribution is -0.183. The van der Waals surface area contributed by atoms with Gasteiger partial charge in [0.15, 0.2) is 11.5 Å². The number of aromatic nitrogens is 4. The predicted octanol–water partition coefficient (Wildman–Crippen LogP) is 4.37. The Balaban J connectivity index is 1.41. The third kappa shape index (κ3) is 4.32. The largest absolute Gasteiger partial charge is 0.491 e. The molecule has 0 unspecified atom stereocenters. The van der Waals surface area contributed by atoms with Gasteiger partial charge in [-0.2, -0.15) is 13.2 Å². The van der Waals surface area contributed by atoms with E-state index in [0.717, 1.165) is 5.39 Å². The van der Waals surface area contributed by atoms with Gasteiger partial charge in [-0.25, -0.2) is 4.98 Å². The summed E-state index contributed by atoms with van der Waals surface area (Å²) in [6.45, 7) is 1.16. The highest BCUT2D eigenvalue weighted by Crippen LogP contribution is 2.39. The van der Waals surface area contributed by atoms with Crippen LogP contribution in [0.25, 0.3) is 28.1 Å². The quantitative estimate of drug-likeness (QED) is 0.440. The zero-order chi connectivity index (χ0) is 24.2. The minimum absolute atomic E-state index is 0.120. The summed E-state index contributed by atoms with van der Waals surface area (Å²) in [4.78, 5) is 6.18. The highest BCUT2D eigenvalue weighted by atomic mass is 19.4. The first kappa shape index (κ1) is 22.2. The van der Waals surface area contributed by atoms with E-state index in [4.69, 9.17) is 15.5 Å². The number of hydrogen-bond donors (Lipinski definition) is 1. The third-order valence-electron chi connectivity index (χ3n) is 6.76. The number of pyridine rings is 2. The zero-order valence-corrected chi connectivity index (χ0v) is 18.9. The van der Waals surface area contributed by atoms with E-state index in [0.29, 0.717) is 53.9 Å². The van der Waals surface area contributed by atoms with Gasteiger partial charge in [0, 0.05) is 30.7 Å². The molecular formula is C25H25F3N6O. The minimum atomic E-state index is -4.44. The van der Waals surface area contributed by atoms with Crippen LogP contribution in [0.1, 0.15) is 30.9 Å². The molecule has 2 atom stereocenters. The molecule has 2 fully saturated rings. The molecule has 1 aromatic carbocycles. The molecule has 0 amide bonds. The fraction of sp³-hybridized carbons (Fsp3) is 0.400. The first-order valence-corrected chi connectivity index (χ1v) is 11.8. The van der Waals surface area contributed by atoms with Gasteiger partial charge in [0.05, 0.1) is 6.61 Å². The SMILES string of the molecule is N[C@@H]1CCN([C@H](c2ccc3nnc(-c4ccc5cccc(OCC6CC6)c5n4)n3c2)C(F)(F)F)C1. The zero-order valence-electron chi connectivity index (χ0n) is 18.9. The van der Waals surface area contributed by atoms with Crippen LogP contribution >= 0.6 is 0 Å². The summed E-state index contributed by atoms with van der Waals surface area (Å²) in [6.07, 6.45) is -0.0760. The van der Waals surface area contributed by atoms with Crippen molar-refractivity contribution in [2.75, 3.05) is 19.7 Å². The average Bonchev–Trinajstić information content (AvgIpc) is 3.42. The number of fused-ring (bicyclic) bond motifs is 2. The smallest absolute Gasteiger partial charge is 0.408 e. The van der Waals surface area contributed by atoms with Crippen LogP contribution in [0.5, 0.6) is 5.75 Å². The minimum Gasteiger partial charge on any atom is -0.491 e. The van der Waals surface area contributed by atoms with Crippen molar-refractivity contribution in [1.29, 1.82) is 0 Å². The molecule has 1 saturated heterocycles. The van der Waals surface area contributed by atoms with Crippen molar-refractivity contribution < 1.29 is 17.9 Å². The molecular weight excluding hydrogens is 457 g/mol. The molecule has 3 aromatic heterocycles. The number of para-hydroxylation sites is 1. The molecule has 0 bridgehead atoms. The molecule has 1 aliphatic carbocycles. The summed E-state index contributed by atoms with van der Waals surface area (Å²) in [5, 5.41) is 9.33. The Kier molecular flexibility index (Phi) is 5.37. The van der Waals surface area contributed by atoms with Crippen LogP contribution in [0.2, 0.25) is 0 Å². The van der Waals surface area contributed by atoms with Crippen LogP contribution in [-0.2, 0) is 0 Å². The lowest BCUT2D eigenvalue weighted by atomic mass is 10.1. The number of halogens is 3. The van der Waals surface area contributed by atoms with Crippen molar-refractivity contribution in [3.05, 3.63) is 54.2 Å². The van der Waals surface area contributed by atoms with Crippen LogP contribution in [0, 0.1) is 5.92 Å². The van der Waals surface area contributed by atoms with Crippen LogP contribution in [-0.4, -0.2) is 56.4 Å². The Hall–Kier alpha value is -3.24. The normalized spacial score (nSPS) is 20.1. The Morgan fingerprint density at radius 2 is 1.91 bits per heavy atom. The van der Waals surface area contributed by atoms with Gasteiger partial charge >= 0.3 is 6.18 Å². The molecule has 1 saturated carbocycles. The molecule has 10 heteroatoms. The molecule has 0 spiro atoms. The van der Waals surface area contributed by atoms with Crippen LogP contribution in [0.15, 0.2) is 48.7 Å². The molecule has 6 rings (SSSR count). The van der Waals surface area contributed by atoms with Crippen molar-refractivity contribution in [3.63, 3.8) is 0 Å². The summed E-state index contributed by atoms with van der Waals surface area (Å²) in [5.41, 5.74) is 7.67. The fourth-order valence-corrected chi connectivity index (χ4v) is 4.75. The molecule has 0 radical (unpaired) electrons. The second-order valence-corrected chi connectivity index (χ2v) is 9.48. The monoisotopic (exact) mass is 482 g/mol. The summed E-state index contributed by atoms with van der Waals surface area (Å²) in [5.74, 6) is 1.66. The van der Waals surface area contributed by atoms with Crippen molar-refractivity contribution in [3.8, 4) is 17.3 Å². The van der Waals surface area contributed by atoms with E-state index in [1.165, 1.54) is 30.0 Å². The molecule has 2 N–H and O–H groups in total. The van der Waals surface area contributed by atoms with Gasteiger partial charge in [0.25, 0.3) is 0 Å². The fourth-order valence-electron chi connectivity index (χ4n) is 4.75. The Labute approximate surface area is 199 Å². The number of benzene rings is 1. The van der Waals surface area contributed by atoms with E-state index >= 15 is 0 Å². The number of likely N-dealkylation sites (tertiary alicyclic amines) is 1. The predicted molar refractivity (Wildman–Crippen MR) is 125 cm³/mol. The highest BCUT2D eigenvalue weighted by molar-refractivity contribution is 5.86. The number of ether oxygens (including phenoxy) is 1. The maximum atomic E-state index is 14.1. The maximum absolute atomic E-state index is 14.1. The van der Waals surface area contributed by atoms with E-state index < -0.39 is 12.2 Å². The third-order valence-corrected chi connectivity index (χ3v) is 6.76. The maximum Gasteiger partial charge on any atom is 0.408 e. The molecule has 7 nitrogen and oxygen atoms in total. The van der Waals surface area contributed by atoms with E-state index in [1.807, 2.05) is 24.3 Å². The number of nitrogens with zero attached hydrogens (tertiary/aromatic N) is 5. The molecule has 2 aliphatic rings. The van der Waals surface area contributed by atoms with Gasteiger partial charge in [0.2, 0.25) is 0 Å². The lowest BCUT2D eigenvalue weighted by Crippen LogP contribution is -2.38. The van der Waals surface area contributed by atoms with Gasteiger partial charge in [-0.3, -0.25) is 9.30 Å². The highest BCUT2D eigenvalue weighted by Gasteiger charge is 2.46. The van der Waals surface area contributed by atoms with E-state index in [-0.39, 0.29) is 18.2 Å². The summed E-state index contributed by atoms with van der Waals surface area (Å²) >= 11 is 0. The van der Waals surface area contributed by atoms with Crippen LogP contribution in [0.3, 0.4) is 0 Å². The van der Waals surface area contributed by atoms with Crippen molar-refractivity contribution in [1.82, 2.24) is 24.5 Å². The van der Waals surface area contributed by atoms with E-state index in [2.05, 4.69) is 10.2 Å². The van der Waals surface area contributed by atoms with Crippen molar-refractivity contribution in [2.24, 2.45) is 11.7 Å². The molecule has 4 aromatic rings. The number of hydrogen-bond acceptors (Lipinski definition) is 6. The molecule has 182 valence electrons. The van der Waals surface area contributed by atoms with Crippen LogP contribution < -0.4 is 10.5 Å². The van der Waals surface area contributed by atoms with Gasteiger partial charge in [-0.15, -0.1) is 10.2 Å². The Morgan fingerprint density at radius 3 is 2.66 bits per heavy atom. The van der Waals surface area contributed by atoms with Gasteiger partial charge in [-0.05, 0) is 48.9 Å². The van der Waals surface area contributed by atoms with Crippen molar-refractivity contribution in [2.45, 2.75) is 37.5 Å². The molecule has 1 aliphatic heterocycles. The van der Waals surface area contributed by atoms with Gasteiger partial charge in [-0.1, -0.05) is 24.3 Å². The topological polar surface area (TPSA) is 81.6 Å². The average molecular weight is 483 g/mol. The Morgan fingerprint density at radius 1 is 1.06 bits per heavy atom. The summed E-state index contributed by atoms with van der Waals surface area (Å²) in [6, 6.07) is 10.5. The summed E-state index contributed by atoms with van der Waals surface area (Å²) < 4.78 is 50.0. The van der Waals surface area contributed by atoms with Crippen molar-refractivity contribution >= 4 is 16.6 Å². The Bertz CT molecular complexity index is 1380. The molecule has 4 heterocycles. The second kappa shape index (κ2) is 8.46. The molecule has 35 heavy (non-hydrogen) atoms. The summed E-state index contributed by atoms with van der Waals surface area (Å²) in [7, 11) is 0. The van der Waals surface area contributed by atoms with Gasteiger partial charge < -0.3 is 10.5 Å². The van der Waals surface area contributed by atoms with E-state index in [1.54, 1.807) is 16.5 Å². The lowest BCUT2D eigenvalue weighted by Gasteiger charge is -2.30.